The molecule has 0 amide bonds. The number of hydrogen-bond acceptors (Lipinski definition) is 4. The third-order valence-electron chi connectivity index (χ3n) is 2.71. The summed E-state index contributed by atoms with van der Waals surface area (Å²) in [7, 11) is 0. The highest BCUT2D eigenvalue weighted by atomic mass is 16.4. The van der Waals surface area contributed by atoms with Gasteiger partial charge in [0.25, 0.3) is 0 Å². The Labute approximate surface area is 106 Å². The van der Waals surface area contributed by atoms with Gasteiger partial charge in [0.1, 0.15) is 0 Å². The molecule has 0 atom stereocenters. The SMILES string of the molecule is O=C(O)c1ccc2nnc(-c3c[nH]ccc3=O)n2c1. The normalized spacial score (nSPS) is 10.7. The topological polar surface area (TPSA) is 100 Å². The van der Waals surface area contributed by atoms with Gasteiger partial charge in [-0.1, -0.05) is 0 Å². The zero-order chi connectivity index (χ0) is 13.4. The molecule has 0 aromatic carbocycles. The summed E-state index contributed by atoms with van der Waals surface area (Å²) in [4.78, 5) is 25.5. The average molecular weight is 256 g/mol. The van der Waals surface area contributed by atoms with Crippen molar-refractivity contribution in [1.82, 2.24) is 19.6 Å². The highest BCUT2D eigenvalue weighted by Crippen LogP contribution is 2.14. The number of carboxylic acids is 1. The largest absolute Gasteiger partial charge is 0.478 e. The number of hydrogen-bond donors (Lipinski definition) is 2. The Morgan fingerprint density at radius 3 is 2.84 bits per heavy atom. The molecule has 0 radical (unpaired) electrons. The van der Waals surface area contributed by atoms with E-state index in [9.17, 15) is 9.59 Å². The quantitative estimate of drug-likeness (QED) is 0.705. The van der Waals surface area contributed by atoms with Crippen molar-refractivity contribution in [2.75, 3.05) is 0 Å². The number of H-pyrrole nitrogens is 1. The van der Waals surface area contributed by atoms with E-state index in [-0.39, 0.29) is 11.0 Å². The maximum atomic E-state index is 11.8. The number of carbonyl (C=O) groups is 1. The van der Waals surface area contributed by atoms with Gasteiger partial charge in [-0.15, -0.1) is 10.2 Å². The van der Waals surface area contributed by atoms with Crippen molar-refractivity contribution in [3.63, 3.8) is 0 Å². The van der Waals surface area contributed by atoms with Crippen LogP contribution in [0.2, 0.25) is 0 Å². The zero-order valence-corrected chi connectivity index (χ0v) is 9.57. The molecular formula is C12H8N4O3. The van der Waals surface area contributed by atoms with Gasteiger partial charge in [-0.05, 0) is 12.1 Å². The van der Waals surface area contributed by atoms with E-state index in [0.717, 1.165) is 0 Å². The van der Waals surface area contributed by atoms with Gasteiger partial charge < -0.3 is 10.1 Å². The van der Waals surface area contributed by atoms with Crippen molar-refractivity contribution in [2.24, 2.45) is 0 Å². The second-order valence-electron chi connectivity index (χ2n) is 3.90. The van der Waals surface area contributed by atoms with Crippen molar-refractivity contribution >= 4 is 11.6 Å². The minimum absolute atomic E-state index is 0.0981. The smallest absolute Gasteiger partial charge is 0.337 e. The zero-order valence-electron chi connectivity index (χ0n) is 9.57. The average Bonchev–Trinajstić information content (AvgIpc) is 2.82. The molecule has 0 fully saturated rings. The maximum Gasteiger partial charge on any atom is 0.337 e. The molecule has 3 aromatic heterocycles. The first-order valence-electron chi connectivity index (χ1n) is 5.42. The molecule has 3 aromatic rings. The molecule has 0 spiro atoms. The van der Waals surface area contributed by atoms with Crippen LogP contribution in [0.15, 0.2) is 41.6 Å². The first kappa shape index (κ1) is 11.1. The van der Waals surface area contributed by atoms with Crippen molar-refractivity contribution in [3.05, 3.63) is 52.6 Å². The molecular weight excluding hydrogens is 248 g/mol. The van der Waals surface area contributed by atoms with Crippen molar-refractivity contribution in [2.45, 2.75) is 0 Å². The molecule has 0 aliphatic heterocycles. The lowest BCUT2D eigenvalue weighted by molar-refractivity contribution is 0.0696. The van der Waals surface area contributed by atoms with Gasteiger partial charge in [0.15, 0.2) is 16.9 Å². The fourth-order valence-corrected chi connectivity index (χ4v) is 1.79. The van der Waals surface area contributed by atoms with Crippen LogP contribution in [-0.4, -0.2) is 30.7 Å². The molecule has 0 unspecified atom stereocenters. The Kier molecular flexibility index (Phi) is 2.38. The van der Waals surface area contributed by atoms with E-state index in [1.54, 1.807) is 0 Å². The van der Waals surface area contributed by atoms with Gasteiger partial charge in [0, 0.05) is 24.7 Å². The monoisotopic (exact) mass is 256 g/mol. The molecule has 3 heterocycles. The fraction of sp³-hybridized carbons (Fsp3) is 0. The minimum atomic E-state index is -1.05. The highest BCUT2D eigenvalue weighted by Gasteiger charge is 2.12. The van der Waals surface area contributed by atoms with E-state index in [0.29, 0.717) is 17.0 Å². The number of rotatable bonds is 2. The summed E-state index contributed by atoms with van der Waals surface area (Å²) in [6.07, 6.45) is 4.41. The fourth-order valence-electron chi connectivity index (χ4n) is 1.79. The van der Waals surface area contributed by atoms with E-state index in [1.807, 2.05) is 0 Å². The summed E-state index contributed by atoms with van der Waals surface area (Å²) in [5.74, 6) is -0.747. The van der Waals surface area contributed by atoms with Crippen molar-refractivity contribution < 1.29 is 9.90 Å². The van der Waals surface area contributed by atoms with Crippen LogP contribution >= 0.6 is 0 Å². The van der Waals surface area contributed by atoms with Crippen LogP contribution < -0.4 is 5.43 Å². The maximum absolute atomic E-state index is 11.8. The summed E-state index contributed by atoms with van der Waals surface area (Å²) in [5, 5.41) is 16.8. The number of fused-ring (bicyclic) bond motifs is 1. The van der Waals surface area contributed by atoms with E-state index >= 15 is 0 Å². The number of nitrogens with zero attached hydrogens (tertiary/aromatic N) is 3. The molecule has 3 rings (SSSR count). The highest BCUT2D eigenvalue weighted by molar-refractivity contribution is 5.87. The standard InChI is InChI=1S/C12H8N4O3/c17-9-3-4-13-5-8(9)11-15-14-10-2-1-7(12(18)19)6-16(10)11/h1-6H,(H,13,17)(H,18,19). The number of aromatic nitrogens is 4. The second kappa shape index (κ2) is 4.05. The summed E-state index contributed by atoms with van der Waals surface area (Å²) in [6.45, 7) is 0. The lowest BCUT2D eigenvalue weighted by Gasteiger charge is -2.00. The summed E-state index contributed by atoms with van der Waals surface area (Å²) in [5.41, 5.74) is 0.690. The Morgan fingerprint density at radius 1 is 1.26 bits per heavy atom. The third-order valence-corrected chi connectivity index (χ3v) is 2.71. The summed E-state index contributed by atoms with van der Waals surface area (Å²) < 4.78 is 1.48. The third kappa shape index (κ3) is 1.77. The molecule has 0 aliphatic carbocycles. The number of aromatic amines is 1. The second-order valence-corrected chi connectivity index (χ2v) is 3.90. The van der Waals surface area contributed by atoms with Crippen LogP contribution in [0.4, 0.5) is 0 Å². The molecule has 19 heavy (non-hydrogen) atoms. The molecule has 0 aliphatic rings. The summed E-state index contributed by atoms with van der Waals surface area (Å²) >= 11 is 0. The van der Waals surface area contributed by atoms with Gasteiger partial charge in [0.05, 0.1) is 11.1 Å². The summed E-state index contributed by atoms with van der Waals surface area (Å²) in [6, 6.07) is 4.35. The van der Waals surface area contributed by atoms with Gasteiger partial charge in [-0.2, -0.15) is 0 Å². The molecule has 94 valence electrons. The van der Waals surface area contributed by atoms with Crippen LogP contribution in [0.1, 0.15) is 10.4 Å². The van der Waals surface area contributed by atoms with Crippen LogP contribution in [0.5, 0.6) is 0 Å². The first-order valence-corrected chi connectivity index (χ1v) is 5.42. The number of carboxylic acid groups (broad SMARTS) is 1. The Bertz CT molecular complexity index is 834. The van der Waals surface area contributed by atoms with Crippen LogP contribution in [-0.2, 0) is 0 Å². The van der Waals surface area contributed by atoms with E-state index < -0.39 is 5.97 Å². The number of aromatic carboxylic acids is 1. The van der Waals surface area contributed by atoms with Gasteiger partial charge in [0.2, 0.25) is 0 Å². The predicted octanol–water partition coefficient (Wildman–Crippen LogP) is 0.783. The molecule has 0 saturated carbocycles. The van der Waals surface area contributed by atoms with Crippen molar-refractivity contribution in [1.29, 1.82) is 0 Å². The van der Waals surface area contributed by atoms with Gasteiger partial charge in [-0.3, -0.25) is 9.20 Å². The first-order chi connectivity index (χ1) is 9.16. The van der Waals surface area contributed by atoms with E-state index in [1.165, 1.54) is 41.2 Å². The van der Waals surface area contributed by atoms with E-state index in [2.05, 4.69) is 15.2 Å². The molecule has 0 bridgehead atoms. The van der Waals surface area contributed by atoms with Crippen molar-refractivity contribution in [3.8, 4) is 11.4 Å². The van der Waals surface area contributed by atoms with Gasteiger partial charge >= 0.3 is 5.97 Å². The number of nitrogens with one attached hydrogen (secondary N) is 1. The molecule has 2 N–H and O–H groups in total. The Morgan fingerprint density at radius 2 is 2.11 bits per heavy atom. The van der Waals surface area contributed by atoms with Gasteiger partial charge in [-0.25, -0.2) is 4.79 Å². The van der Waals surface area contributed by atoms with E-state index in [4.69, 9.17) is 5.11 Å². The molecule has 7 nitrogen and oxygen atoms in total. The molecule has 0 saturated heterocycles. The lowest BCUT2D eigenvalue weighted by atomic mass is 10.2. The number of pyridine rings is 2. The minimum Gasteiger partial charge on any atom is -0.478 e. The Hall–Kier alpha value is -2.96. The van der Waals surface area contributed by atoms with Crippen LogP contribution in [0.25, 0.3) is 17.0 Å². The lowest BCUT2D eigenvalue weighted by Crippen LogP contribution is -2.06. The Balaban J connectivity index is 2.30. The van der Waals surface area contributed by atoms with Crippen LogP contribution in [0, 0.1) is 0 Å². The predicted molar refractivity (Wildman–Crippen MR) is 66.0 cm³/mol. The van der Waals surface area contributed by atoms with Crippen LogP contribution in [0.3, 0.4) is 0 Å². The molecule has 7 heteroatoms.